The van der Waals surface area contributed by atoms with E-state index in [1.807, 2.05) is 18.2 Å². The fourth-order valence-electron chi connectivity index (χ4n) is 0.882. The van der Waals surface area contributed by atoms with Gasteiger partial charge in [-0.15, -0.1) is 5.73 Å². The Morgan fingerprint density at radius 3 is 3.30 bits per heavy atom. The molecule has 0 N–H and O–H groups in total. The second-order valence-electron chi connectivity index (χ2n) is 2.27. The molecule has 1 aliphatic rings. The van der Waals surface area contributed by atoms with E-state index < -0.39 is 0 Å². The molecule has 0 bridgehead atoms. The molecule has 0 nitrogen and oxygen atoms in total. The molecule has 0 spiro atoms. The fraction of sp³-hybridized carbons (Fsp3) is 0.300. The lowest BCUT2D eigenvalue weighted by Crippen LogP contribution is -1.74. The molecule has 0 unspecified atom stereocenters. The zero-order valence-corrected chi connectivity index (χ0v) is 6.30. The average Bonchev–Trinajstić information content (AvgIpc) is 1.87. The van der Waals surface area contributed by atoms with E-state index in [0.29, 0.717) is 0 Å². The van der Waals surface area contributed by atoms with E-state index >= 15 is 0 Å². The Kier molecular flexibility index (Phi) is 2.79. The van der Waals surface area contributed by atoms with Crippen LogP contribution in [0.5, 0.6) is 0 Å². The third kappa shape index (κ3) is 2.08. The van der Waals surface area contributed by atoms with Gasteiger partial charge in [-0.2, -0.15) is 0 Å². The van der Waals surface area contributed by atoms with Crippen LogP contribution < -0.4 is 0 Å². The maximum atomic E-state index is 3.08. The zero-order chi connectivity index (χ0) is 7.23. The molecule has 0 aromatic heterocycles. The minimum atomic E-state index is 1.05. The Hall–Kier alpha value is -1.00. The summed E-state index contributed by atoms with van der Waals surface area (Å²) in [6.45, 7) is 2.16. The van der Waals surface area contributed by atoms with Crippen LogP contribution in [0.15, 0.2) is 41.7 Å². The maximum Gasteiger partial charge on any atom is -0.0160 e. The van der Waals surface area contributed by atoms with E-state index in [0.717, 1.165) is 12.8 Å². The summed E-state index contributed by atoms with van der Waals surface area (Å²) >= 11 is 0. The largest absolute Gasteiger partial charge is 0.121 e. The van der Waals surface area contributed by atoms with E-state index in [-0.39, 0.29) is 0 Å². The predicted octanol–water partition coefficient (Wildman–Crippen LogP) is 2.99. The van der Waals surface area contributed by atoms with Crippen LogP contribution in [0.4, 0.5) is 0 Å². The van der Waals surface area contributed by atoms with Crippen molar-refractivity contribution < 1.29 is 0 Å². The lowest BCUT2D eigenvalue weighted by atomic mass is 10.1. The van der Waals surface area contributed by atoms with Crippen molar-refractivity contribution in [2.45, 2.75) is 19.8 Å². The van der Waals surface area contributed by atoms with Gasteiger partial charge in [-0.05, 0) is 30.6 Å². The van der Waals surface area contributed by atoms with Gasteiger partial charge in [-0.1, -0.05) is 25.2 Å². The molecule has 0 aromatic rings. The van der Waals surface area contributed by atoms with Crippen molar-refractivity contribution in [2.75, 3.05) is 0 Å². The number of allylic oxidation sites excluding steroid dienone is 5. The van der Waals surface area contributed by atoms with Crippen LogP contribution in [0.2, 0.25) is 0 Å². The molecule has 52 valence electrons. The van der Waals surface area contributed by atoms with Crippen LogP contribution in [-0.2, 0) is 0 Å². The first kappa shape index (κ1) is 7.11. The molecule has 10 heavy (non-hydrogen) atoms. The van der Waals surface area contributed by atoms with Crippen LogP contribution in [-0.4, -0.2) is 0 Å². The molecule has 1 rings (SSSR count). The summed E-state index contributed by atoms with van der Waals surface area (Å²) in [5.74, 6) is 0. The molecule has 0 aliphatic heterocycles. The summed E-state index contributed by atoms with van der Waals surface area (Å²) in [7, 11) is 0. The van der Waals surface area contributed by atoms with Crippen molar-refractivity contribution in [3.8, 4) is 0 Å². The summed E-state index contributed by atoms with van der Waals surface area (Å²) in [5.41, 5.74) is 4.46. The molecule has 0 fully saturated rings. The topological polar surface area (TPSA) is 0 Å². The molecule has 0 heteroatoms. The average molecular weight is 132 g/mol. The van der Waals surface area contributed by atoms with E-state index in [9.17, 15) is 0 Å². The van der Waals surface area contributed by atoms with Gasteiger partial charge in [0.1, 0.15) is 0 Å². The second kappa shape index (κ2) is 3.92. The Bertz CT molecular complexity index is 210. The zero-order valence-electron chi connectivity index (χ0n) is 6.30. The number of hydrogen-bond acceptors (Lipinski definition) is 0. The number of rotatable bonds is 1. The van der Waals surface area contributed by atoms with Gasteiger partial charge in [0.15, 0.2) is 0 Å². The van der Waals surface area contributed by atoms with E-state index in [1.54, 1.807) is 0 Å². The molecule has 0 heterocycles. The predicted molar refractivity (Wildman–Crippen MR) is 44.8 cm³/mol. The van der Waals surface area contributed by atoms with Crippen molar-refractivity contribution in [1.82, 2.24) is 0 Å². The molecular weight excluding hydrogens is 120 g/mol. The van der Waals surface area contributed by atoms with Crippen molar-refractivity contribution in [3.05, 3.63) is 41.7 Å². The van der Waals surface area contributed by atoms with E-state index in [2.05, 4.69) is 24.8 Å². The molecule has 0 atom stereocenters. The Morgan fingerprint density at radius 1 is 1.60 bits per heavy atom. The summed E-state index contributed by atoms with van der Waals surface area (Å²) in [4.78, 5) is 0. The third-order valence-corrected chi connectivity index (χ3v) is 1.52. The summed E-state index contributed by atoms with van der Waals surface area (Å²) in [5, 5.41) is 0. The van der Waals surface area contributed by atoms with Crippen LogP contribution in [0, 0.1) is 0 Å². The molecule has 1 aliphatic carbocycles. The van der Waals surface area contributed by atoms with Gasteiger partial charge >= 0.3 is 0 Å². The van der Waals surface area contributed by atoms with Crippen molar-refractivity contribution in [3.63, 3.8) is 0 Å². The number of hydrogen-bond donors (Lipinski definition) is 0. The minimum absolute atomic E-state index is 1.05. The summed E-state index contributed by atoms with van der Waals surface area (Å²) in [6, 6.07) is 0. The highest BCUT2D eigenvalue weighted by atomic mass is 13.9. The van der Waals surface area contributed by atoms with Crippen molar-refractivity contribution >= 4 is 0 Å². The van der Waals surface area contributed by atoms with Gasteiger partial charge in [0, 0.05) is 0 Å². The normalized spacial score (nSPS) is 24.7. The Balaban J connectivity index is 2.76. The van der Waals surface area contributed by atoms with Gasteiger partial charge < -0.3 is 0 Å². The second-order valence-corrected chi connectivity index (χ2v) is 2.27. The van der Waals surface area contributed by atoms with Gasteiger partial charge in [0.2, 0.25) is 0 Å². The van der Waals surface area contributed by atoms with Crippen LogP contribution >= 0.6 is 0 Å². The van der Waals surface area contributed by atoms with Crippen LogP contribution in [0.1, 0.15) is 19.8 Å². The van der Waals surface area contributed by atoms with Gasteiger partial charge in [-0.25, -0.2) is 0 Å². The third-order valence-electron chi connectivity index (χ3n) is 1.52. The van der Waals surface area contributed by atoms with Gasteiger partial charge in [0.05, 0.1) is 0 Å². The van der Waals surface area contributed by atoms with Crippen molar-refractivity contribution in [1.29, 1.82) is 0 Å². The lowest BCUT2D eigenvalue weighted by Gasteiger charge is -1.93. The first-order valence-electron chi connectivity index (χ1n) is 3.70. The lowest BCUT2D eigenvalue weighted by molar-refractivity contribution is 1.12. The van der Waals surface area contributed by atoms with Gasteiger partial charge in [0.25, 0.3) is 0 Å². The van der Waals surface area contributed by atoms with Crippen LogP contribution in [0.25, 0.3) is 0 Å². The first-order chi connectivity index (χ1) is 4.93. The van der Waals surface area contributed by atoms with E-state index in [4.69, 9.17) is 0 Å². The van der Waals surface area contributed by atoms with Crippen LogP contribution in [0.3, 0.4) is 0 Å². The highest BCUT2D eigenvalue weighted by Gasteiger charge is 1.85. The van der Waals surface area contributed by atoms with Crippen molar-refractivity contribution in [2.24, 2.45) is 0 Å². The fourth-order valence-corrected chi connectivity index (χ4v) is 0.882. The molecular formula is C10H12. The summed E-state index contributed by atoms with van der Waals surface area (Å²) < 4.78 is 0. The monoisotopic (exact) mass is 132 g/mol. The molecule has 0 saturated carbocycles. The van der Waals surface area contributed by atoms with E-state index in [1.165, 1.54) is 5.57 Å². The SMILES string of the molecule is CC/C1=C/C/C=C\C=C=C1. The Morgan fingerprint density at radius 2 is 2.50 bits per heavy atom. The molecule has 0 amide bonds. The minimum Gasteiger partial charge on any atom is -0.121 e. The summed E-state index contributed by atoms with van der Waals surface area (Å²) in [6.07, 6.45) is 12.5. The highest BCUT2D eigenvalue weighted by Crippen LogP contribution is 2.05. The highest BCUT2D eigenvalue weighted by molar-refractivity contribution is 5.22. The molecule has 0 radical (unpaired) electrons. The molecule has 0 aromatic carbocycles. The Labute approximate surface area is 62.3 Å². The maximum absolute atomic E-state index is 3.08. The smallest absolute Gasteiger partial charge is 0.0160 e. The first-order valence-corrected chi connectivity index (χ1v) is 3.70. The standard InChI is InChI=1S/C10H12/c1-2-10-8-6-4-3-5-7-9-10/h3-5,8-9H,2,6H2,1H3/b4-3-,10-8-. The molecule has 0 saturated heterocycles. The van der Waals surface area contributed by atoms with Gasteiger partial charge in [-0.3, -0.25) is 0 Å². The quantitative estimate of drug-likeness (QED) is 0.481.